The van der Waals surface area contributed by atoms with E-state index in [0.29, 0.717) is 17.9 Å². The topological polar surface area (TPSA) is 28.6 Å². The van der Waals surface area contributed by atoms with Crippen molar-refractivity contribution in [1.82, 2.24) is 14.2 Å². The van der Waals surface area contributed by atoms with Crippen LogP contribution in [-0.2, 0) is 6.54 Å². The van der Waals surface area contributed by atoms with Crippen molar-refractivity contribution in [3.8, 4) is 5.75 Å². The van der Waals surface area contributed by atoms with E-state index in [-0.39, 0.29) is 0 Å². The van der Waals surface area contributed by atoms with Crippen molar-refractivity contribution in [2.75, 3.05) is 26.7 Å². The molecule has 2 fully saturated rings. The fourth-order valence-electron chi connectivity index (χ4n) is 4.24. The van der Waals surface area contributed by atoms with E-state index in [1.165, 1.54) is 29.5 Å². The Morgan fingerprint density at radius 1 is 1.21 bits per heavy atom. The fraction of sp³-hybridized carbons (Fsp3) is 0.522. The molecule has 1 aliphatic heterocycles. The molecule has 0 bridgehead atoms. The lowest BCUT2D eigenvalue weighted by molar-refractivity contribution is 0.138. The summed E-state index contributed by atoms with van der Waals surface area (Å²) in [5.41, 5.74) is 5.18. The third kappa shape index (κ3) is 4.22. The summed E-state index contributed by atoms with van der Waals surface area (Å²) < 4.78 is 7.83. The Kier molecular flexibility index (Phi) is 5.95. The van der Waals surface area contributed by atoms with Gasteiger partial charge >= 0.3 is 0 Å². The Balaban J connectivity index is 1.51. The van der Waals surface area contributed by atoms with Gasteiger partial charge in [-0.2, -0.15) is 0 Å². The van der Waals surface area contributed by atoms with Gasteiger partial charge in [-0.1, -0.05) is 50.9 Å². The molecule has 1 atom stereocenters. The van der Waals surface area contributed by atoms with E-state index in [0.717, 1.165) is 37.6 Å². The van der Waals surface area contributed by atoms with E-state index in [1.54, 1.807) is 7.11 Å². The number of benzene rings is 1. The van der Waals surface area contributed by atoms with Crippen LogP contribution in [0.15, 0.2) is 36.5 Å². The Bertz CT molecular complexity index is 821. The lowest BCUT2D eigenvalue weighted by Crippen LogP contribution is -2.44. The van der Waals surface area contributed by atoms with Crippen molar-refractivity contribution in [3.05, 3.63) is 58.9 Å². The summed E-state index contributed by atoms with van der Waals surface area (Å²) >= 11 is 4.80. The third-order valence-electron chi connectivity index (χ3n) is 5.94. The van der Waals surface area contributed by atoms with Crippen LogP contribution in [0.1, 0.15) is 67.0 Å². The second-order valence-electron chi connectivity index (χ2n) is 8.40. The molecule has 2 heterocycles. The SMILES string of the molecule is COc1cc(CN2CCN(S)C(c3ccccc3C(C)C)C2)cnc1C1CC1. The van der Waals surface area contributed by atoms with Crippen LogP contribution >= 0.6 is 12.8 Å². The first-order valence-electron chi connectivity index (χ1n) is 10.4. The highest BCUT2D eigenvalue weighted by Crippen LogP contribution is 2.43. The lowest BCUT2D eigenvalue weighted by atomic mass is 9.91. The van der Waals surface area contributed by atoms with Crippen LogP contribution in [0.4, 0.5) is 0 Å². The van der Waals surface area contributed by atoms with E-state index in [1.807, 2.05) is 6.20 Å². The number of nitrogens with zero attached hydrogens (tertiary/aromatic N) is 3. The summed E-state index contributed by atoms with van der Waals surface area (Å²) in [5, 5.41) is 0. The molecule has 5 heteroatoms. The Hall–Kier alpha value is -1.56. The number of methoxy groups -OCH3 is 1. The monoisotopic (exact) mass is 397 g/mol. The average Bonchev–Trinajstić information content (AvgIpc) is 3.54. The highest BCUT2D eigenvalue weighted by molar-refractivity contribution is 7.77. The number of aromatic nitrogens is 1. The van der Waals surface area contributed by atoms with Gasteiger partial charge in [0.2, 0.25) is 0 Å². The summed E-state index contributed by atoms with van der Waals surface area (Å²) in [6, 6.07) is 11.3. The van der Waals surface area contributed by atoms with Crippen molar-refractivity contribution in [2.24, 2.45) is 0 Å². The molecule has 2 aliphatic rings. The van der Waals surface area contributed by atoms with Crippen molar-refractivity contribution >= 4 is 12.8 Å². The Morgan fingerprint density at radius 3 is 2.71 bits per heavy atom. The first kappa shape index (κ1) is 19.7. The van der Waals surface area contributed by atoms with Crippen LogP contribution in [0.25, 0.3) is 0 Å². The van der Waals surface area contributed by atoms with Gasteiger partial charge in [0, 0.05) is 38.3 Å². The maximum absolute atomic E-state index is 5.62. The number of rotatable bonds is 6. The molecule has 4 rings (SSSR count). The van der Waals surface area contributed by atoms with Gasteiger partial charge in [-0.15, -0.1) is 0 Å². The molecule has 1 aromatic carbocycles. The molecule has 1 unspecified atom stereocenters. The molecule has 1 aliphatic carbocycles. The first-order chi connectivity index (χ1) is 13.6. The summed E-state index contributed by atoms with van der Waals surface area (Å²) in [5.74, 6) is 2.07. The van der Waals surface area contributed by atoms with Gasteiger partial charge in [-0.05, 0) is 41.5 Å². The molecule has 0 N–H and O–H groups in total. The molecule has 2 aromatic rings. The largest absolute Gasteiger partial charge is 0.495 e. The summed E-state index contributed by atoms with van der Waals surface area (Å²) in [7, 11) is 1.76. The molecular weight excluding hydrogens is 366 g/mol. The van der Waals surface area contributed by atoms with Crippen molar-refractivity contribution in [2.45, 2.75) is 51.1 Å². The quantitative estimate of drug-likeness (QED) is 0.709. The van der Waals surface area contributed by atoms with E-state index in [4.69, 9.17) is 22.5 Å². The summed E-state index contributed by atoms with van der Waals surface area (Å²) in [6.07, 6.45) is 4.52. The highest BCUT2D eigenvalue weighted by atomic mass is 32.1. The van der Waals surface area contributed by atoms with Crippen molar-refractivity contribution in [1.29, 1.82) is 0 Å². The summed E-state index contributed by atoms with van der Waals surface area (Å²) in [4.78, 5) is 7.24. The van der Waals surface area contributed by atoms with E-state index in [2.05, 4.69) is 53.4 Å². The molecule has 4 nitrogen and oxygen atoms in total. The van der Waals surface area contributed by atoms with Gasteiger partial charge in [0.1, 0.15) is 5.75 Å². The molecule has 0 radical (unpaired) electrons. The highest BCUT2D eigenvalue weighted by Gasteiger charge is 2.30. The number of pyridine rings is 1. The Labute approximate surface area is 174 Å². The van der Waals surface area contributed by atoms with Gasteiger partial charge < -0.3 is 4.74 Å². The van der Waals surface area contributed by atoms with Crippen LogP contribution in [0, 0.1) is 0 Å². The van der Waals surface area contributed by atoms with Crippen LogP contribution in [0.5, 0.6) is 5.75 Å². The predicted molar refractivity (Wildman–Crippen MR) is 117 cm³/mol. The zero-order valence-corrected chi connectivity index (χ0v) is 18.0. The van der Waals surface area contributed by atoms with Gasteiger partial charge in [0.05, 0.1) is 18.8 Å². The third-order valence-corrected chi connectivity index (χ3v) is 6.42. The number of ether oxygens (including phenoxy) is 1. The zero-order valence-electron chi connectivity index (χ0n) is 17.1. The first-order valence-corrected chi connectivity index (χ1v) is 10.8. The van der Waals surface area contributed by atoms with Crippen LogP contribution in [0.3, 0.4) is 0 Å². The maximum atomic E-state index is 5.62. The Morgan fingerprint density at radius 2 is 2.00 bits per heavy atom. The molecule has 1 aromatic heterocycles. The number of hydrogen-bond donors (Lipinski definition) is 1. The van der Waals surface area contributed by atoms with E-state index in [9.17, 15) is 0 Å². The van der Waals surface area contributed by atoms with Crippen LogP contribution in [0.2, 0.25) is 0 Å². The normalized spacial score (nSPS) is 21.2. The number of thiol groups is 1. The van der Waals surface area contributed by atoms with Crippen LogP contribution < -0.4 is 4.74 Å². The maximum Gasteiger partial charge on any atom is 0.140 e. The molecule has 1 saturated heterocycles. The van der Waals surface area contributed by atoms with Gasteiger partial charge in [0.15, 0.2) is 0 Å². The molecule has 1 saturated carbocycles. The predicted octanol–water partition coefficient (Wildman–Crippen LogP) is 4.79. The summed E-state index contributed by atoms with van der Waals surface area (Å²) in [6.45, 7) is 8.36. The van der Waals surface area contributed by atoms with Crippen molar-refractivity contribution in [3.63, 3.8) is 0 Å². The molecule has 150 valence electrons. The van der Waals surface area contributed by atoms with E-state index >= 15 is 0 Å². The van der Waals surface area contributed by atoms with Crippen LogP contribution in [-0.4, -0.2) is 40.9 Å². The number of hydrogen-bond acceptors (Lipinski definition) is 5. The zero-order chi connectivity index (χ0) is 19.7. The fourth-order valence-corrected chi connectivity index (χ4v) is 4.53. The van der Waals surface area contributed by atoms with Gasteiger partial charge in [0.25, 0.3) is 0 Å². The van der Waals surface area contributed by atoms with Gasteiger partial charge in [-0.3, -0.25) is 9.88 Å². The number of piperazine rings is 1. The second-order valence-corrected chi connectivity index (χ2v) is 8.92. The molecule has 0 amide bonds. The molecule has 28 heavy (non-hydrogen) atoms. The second kappa shape index (κ2) is 8.44. The minimum atomic E-state index is 0.302. The molecular formula is C23H31N3OS. The minimum Gasteiger partial charge on any atom is -0.495 e. The minimum absolute atomic E-state index is 0.302. The molecule has 0 spiro atoms. The lowest BCUT2D eigenvalue weighted by Gasteiger charge is -2.39. The standard InChI is InChI=1S/C23H31N3OS/c1-16(2)19-6-4-5-7-20(19)21-15-25(10-11-26(21)28)14-17-12-22(27-3)23(24-13-17)18-8-9-18/h4-7,12-13,16,18,21,28H,8-11,14-15H2,1-3H3. The average molecular weight is 398 g/mol. The van der Waals surface area contributed by atoms with Gasteiger partial charge in [-0.25, -0.2) is 4.31 Å². The van der Waals surface area contributed by atoms with Crippen molar-refractivity contribution < 1.29 is 4.74 Å². The van der Waals surface area contributed by atoms with E-state index < -0.39 is 0 Å². The smallest absolute Gasteiger partial charge is 0.140 e.